The van der Waals surface area contributed by atoms with Gasteiger partial charge in [-0.25, -0.2) is 9.79 Å². The minimum absolute atomic E-state index is 0.0131. The Morgan fingerprint density at radius 2 is 1.80 bits per heavy atom. The van der Waals surface area contributed by atoms with E-state index in [1.165, 1.54) is 34.1 Å². The van der Waals surface area contributed by atoms with E-state index in [1.54, 1.807) is 37.3 Å². The summed E-state index contributed by atoms with van der Waals surface area (Å²) in [6.07, 6.45) is 3.13. The fourth-order valence-electron chi connectivity index (χ4n) is 4.44. The highest BCUT2D eigenvalue weighted by atomic mass is 32.1. The number of rotatable bonds is 9. The zero-order chi connectivity index (χ0) is 28.9. The maximum absolute atomic E-state index is 13.8. The van der Waals surface area contributed by atoms with Gasteiger partial charge in [0.15, 0.2) is 4.80 Å². The first-order valence-electron chi connectivity index (χ1n) is 12.7. The van der Waals surface area contributed by atoms with Crippen molar-refractivity contribution in [3.05, 3.63) is 149 Å². The quantitative estimate of drug-likeness (QED) is 0.128. The van der Waals surface area contributed by atoms with E-state index < -0.39 is 16.9 Å². The molecule has 10 heteroatoms. The van der Waals surface area contributed by atoms with Crippen molar-refractivity contribution in [2.24, 2.45) is 4.99 Å². The molecule has 0 saturated carbocycles. The van der Waals surface area contributed by atoms with Crippen molar-refractivity contribution in [3.63, 3.8) is 0 Å². The Kier molecular flexibility index (Phi) is 8.02. The van der Waals surface area contributed by atoms with Crippen molar-refractivity contribution in [1.29, 1.82) is 0 Å². The van der Waals surface area contributed by atoms with Crippen molar-refractivity contribution in [3.8, 4) is 5.75 Å². The normalized spacial score (nSPS) is 14.7. The third-order valence-electron chi connectivity index (χ3n) is 6.42. The predicted molar refractivity (Wildman–Crippen MR) is 155 cm³/mol. The van der Waals surface area contributed by atoms with Crippen molar-refractivity contribution in [2.75, 3.05) is 6.61 Å². The van der Waals surface area contributed by atoms with Crippen LogP contribution in [-0.2, 0) is 16.1 Å². The maximum Gasteiger partial charge on any atom is 0.338 e. The number of carbonyl (C=O) groups is 1. The molecule has 4 aromatic rings. The van der Waals surface area contributed by atoms with E-state index in [0.29, 0.717) is 38.5 Å². The van der Waals surface area contributed by atoms with Gasteiger partial charge in [0.25, 0.3) is 11.2 Å². The van der Waals surface area contributed by atoms with Crippen molar-refractivity contribution < 1.29 is 19.2 Å². The minimum Gasteiger partial charge on any atom is -0.489 e. The number of benzene rings is 3. The molecule has 5 rings (SSSR count). The first-order chi connectivity index (χ1) is 19.9. The summed E-state index contributed by atoms with van der Waals surface area (Å²) in [6.45, 7) is 5.73. The molecule has 1 unspecified atom stereocenters. The van der Waals surface area contributed by atoms with E-state index in [0.717, 1.165) is 5.56 Å². The van der Waals surface area contributed by atoms with Gasteiger partial charge in [0.2, 0.25) is 0 Å². The molecule has 1 atom stereocenters. The summed E-state index contributed by atoms with van der Waals surface area (Å²) >= 11 is 1.18. The van der Waals surface area contributed by atoms with Crippen LogP contribution in [0.25, 0.3) is 6.08 Å². The monoisotopic (exact) mass is 567 g/mol. The number of hydrogen-bond acceptors (Lipinski definition) is 8. The molecule has 0 saturated heterocycles. The Hall–Kier alpha value is -5.09. The molecular formula is C31H25N3O6S. The van der Waals surface area contributed by atoms with Crippen molar-refractivity contribution in [1.82, 2.24) is 4.57 Å². The molecular weight excluding hydrogens is 542 g/mol. The predicted octanol–water partition coefficient (Wildman–Crippen LogP) is 4.45. The molecule has 0 aliphatic carbocycles. The van der Waals surface area contributed by atoms with Gasteiger partial charge in [-0.05, 0) is 54.0 Å². The van der Waals surface area contributed by atoms with Crippen LogP contribution in [0.4, 0.5) is 5.69 Å². The number of nitro groups is 1. The second-order valence-corrected chi connectivity index (χ2v) is 10.2. The summed E-state index contributed by atoms with van der Waals surface area (Å²) in [5.74, 6) is 0.0462. The van der Waals surface area contributed by atoms with Crippen molar-refractivity contribution in [2.45, 2.75) is 19.6 Å². The Bertz CT molecular complexity index is 1820. The Morgan fingerprint density at radius 1 is 1.10 bits per heavy atom. The van der Waals surface area contributed by atoms with Gasteiger partial charge in [0.05, 0.1) is 26.8 Å². The molecule has 2 heterocycles. The summed E-state index contributed by atoms with van der Waals surface area (Å²) < 4.78 is 13.2. The number of thiazole rings is 1. The largest absolute Gasteiger partial charge is 0.489 e. The van der Waals surface area contributed by atoms with Crippen LogP contribution < -0.4 is 19.6 Å². The number of allylic oxidation sites excluding steroid dienone is 1. The van der Waals surface area contributed by atoms with Crippen LogP contribution in [0.2, 0.25) is 0 Å². The van der Waals surface area contributed by atoms with Crippen molar-refractivity contribution >= 4 is 29.1 Å². The minimum atomic E-state index is -0.786. The van der Waals surface area contributed by atoms with E-state index >= 15 is 0 Å². The summed E-state index contributed by atoms with van der Waals surface area (Å²) in [4.78, 5) is 42.5. The topological polar surface area (TPSA) is 113 Å². The highest BCUT2D eigenvalue weighted by Crippen LogP contribution is 2.31. The molecule has 1 aliphatic heterocycles. The Morgan fingerprint density at radius 3 is 2.46 bits per heavy atom. The lowest BCUT2D eigenvalue weighted by Crippen LogP contribution is -2.39. The number of non-ortho nitro benzene ring substituents is 1. The first-order valence-corrected chi connectivity index (χ1v) is 13.5. The molecule has 1 aliphatic rings. The van der Waals surface area contributed by atoms with Gasteiger partial charge in [-0.2, -0.15) is 0 Å². The molecule has 0 radical (unpaired) electrons. The fourth-order valence-corrected chi connectivity index (χ4v) is 5.49. The Balaban J connectivity index is 1.55. The van der Waals surface area contributed by atoms with Gasteiger partial charge >= 0.3 is 5.97 Å². The summed E-state index contributed by atoms with van der Waals surface area (Å²) in [7, 11) is 0. The van der Waals surface area contributed by atoms with Crippen LogP contribution in [-0.4, -0.2) is 22.1 Å². The number of ether oxygens (including phenoxy) is 2. The average molecular weight is 568 g/mol. The molecule has 0 bridgehead atoms. The molecule has 0 amide bonds. The zero-order valence-corrected chi connectivity index (χ0v) is 22.9. The fraction of sp³-hybridized carbons (Fsp3) is 0.129. The third-order valence-corrected chi connectivity index (χ3v) is 7.40. The average Bonchev–Trinajstić information content (AvgIpc) is 3.29. The van der Waals surface area contributed by atoms with Gasteiger partial charge in [0, 0.05) is 12.1 Å². The number of nitro benzene ring substituents is 1. The highest BCUT2D eigenvalue weighted by molar-refractivity contribution is 7.07. The molecule has 1 aromatic heterocycles. The number of nitrogens with zero attached hydrogens (tertiary/aromatic N) is 3. The van der Waals surface area contributed by atoms with Crippen LogP contribution in [0.5, 0.6) is 5.75 Å². The lowest BCUT2D eigenvalue weighted by molar-refractivity contribution is -0.384. The maximum atomic E-state index is 13.8. The van der Waals surface area contributed by atoms with Gasteiger partial charge < -0.3 is 9.47 Å². The summed E-state index contributed by atoms with van der Waals surface area (Å²) in [5, 5.41) is 11.0. The molecule has 9 nitrogen and oxygen atoms in total. The Labute approximate surface area is 238 Å². The number of aromatic nitrogens is 1. The zero-order valence-electron chi connectivity index (χ0n) is 22.1. The third kappa shape index (κ3) is 5.92. The number of carbonyl (C=O) groups excluding carboxylic acids is 1. The summed E-state index contributed by atoms with van der Waals surface area (Å²) in [6, 6.07) is 22.1. The molecule has 3 aromatic carbocycles. The number of fused-ring (bicyclic) bond motifs is 1. The van der Waals surface area contributed by atoms with Crippen LogP contribution in [0.1, 0.15) is 29.7 Å². The number of hydrogen-bond donors (Lipinski definition) is 0. The smallest absolute Gasteiger partial charge is 0.338 e. The van der Waals surface area contributed by atoms with Gasteiger partial charge in [-0.3, -0.25) is 19.5 Å². The van der Waals surface area contributed by atoms with Crippen LogP contribution in [0.15, 0.2) is 113 Å². The van der Waals surface area contributed by atoms with Gasteiger partial charge in [-0.15, -0.1) is 0 Å². The summed E-state index contributed by atoms with van der Waals surface area (Å²) in [5.41, 5.74) is 2.64. The SMILES string of the molecule is C=CCOC(=O)C1=C(C)N=c2sc(=Cc3ccc([N+](=O)[O-])cc3)c(=O)n2C1c1ccc(OCc2ccccc2)cc1. The molecule has 0 spiro atoms. The van der Waals surface area contributed by atoms with E-state index in [9.17, 15) is 19.7 Å². The molecule has 0 N–H and O–H groups in total. The van der Waals surface area contributed by atoms with E-state index in [1.807, 2.05) is 42.5 Å². The first kappa shape index (κ1) is 27.5. The van der Waals surface area contributed by atoms with Crippen LogP contribution in [0.3, 0.4) is 0 Å². The van der Waals surface area contributed by atoms with E-state index in [4.69, 9.17) is 9.47 Å². The van der Waals surface area contributed by atoms with E-state index in [-0.39, 0.29) is 23.4 Å². The highest BCUT2D eigenvalue weighted by Gasteiger charge is 2.33. The molecule has 0 fully saturated rings. The van der Waals surface area contributed by atoms with Crippen LogP contribution >= 0.6 is 11.3 Å². The van der Waals surface area contributed by atoms with Gasteiger partial charge in [0.1, 0.15) is 19.0 Å². The second-order valence-electron chi connectivity index (χ2n) is 9.16. The molecule has 206 valence electrons. The molecule has 41 heavy (non-hydrogen) atoms. The van der Waals surface area contributed by atoms with Crippen LogP contribution in [0, 0.1) is 10.1 Å². The lowest BCUT2D eigenvalue weighted by Gasteiger charge is -2.24. The lowest BCUT2D eigenvalue weighted by atomic mass is 9.96. The van der Waals surface area contributed by atoms with Gasteiger partial charge in [-0.1, -0.05) is 66.5 Å². The second kappa shape index (κ2) is 12.0. The van der Waals surface area contributed by atoms with E-state index in [2.05, 4.69) is 11.6 Å². The number of esters is 1. The standard InChI is InChI=1S/C31H25N3O6S/c1-3-17-39-30(36)27-20(2)32-31-33(29(35)26(41-31)18-21-9-13-24(14-10-21)34(37)38)28(27)23-11-15-25(16-12-23)40-19-22-7-5-4-6-8-22/h3-16,18,28H,1,17,19H2,2H3.